The van der Waals surface area contributed by atoms with Gasteiger partial charge < -0.3 is 19.5 Å². The van der Waals surface area contributed by atoms with Crippen molar-refractivity contribution in [2.45, 2.75) is 93.8 Å². The van der Waals surface area contributed by atoms with Gasteiger partial charge in [0, 0.05) is 0 Å². The summed E-state index contributed by atoms with van der Waals surface area (Å²) in [6, 6.07) is 28.3. The highest BCUT2D eigenvalue weighted by molar-refractivity contribution is 8.01. The van der Waals surface area contributed by atoms with Crippen LogP contribution >= 0.6 is 11.8 Å². The lowest BCUT2D eigenvalue weighted by Gasteiger charge is -2.53. The van der Waals surface area contributed by atoms with Crippen molar-refractivity contribution < 1.29 is 29.0 Å². The Morgan fingerprint density at radius 2 is 1.04 bits per heavy atom. The molecule has 1 saturated heterocycles. The number of benzene rings is 3. The molecule has 5 atom stereocenters. The lowest BCUT2D eigenvalue weighted by molar-refractivity contribution is -0.182. The maximum atomic E-state index is 14.1. The number of hydrogen-bond acceptors (Lipinski definition) is 7. The van der Waals surface area contributed by atoms with Gasteiger partial charge in [-0.15, -0.1) is 11.8 Å². The van der Waals surface area contributed by atoms with Crippen LogP contribution in [0.15, 0.2) is 91.0 Å². The molecule has 1 amide bonds. The molecule has 3 unspecified atom stereocenters. The van der Waals surface area contributed by atoms with Crippen LogP contribution in [-0.2, 0) is 28.6 Å². The van der Waals surface area contributed by atoms with E-state index in [0.29, 0.717) is 0 Å². The summed E-state index contributed by atoms with van der Waals surface area (Å²) in [4.78, 5) is 43.6. The molecule has 0 bridgehead atoms. The fraction of sp³-hybridized carbons (Fsp3) is 0.432. The van der Waals surface area contributed by atoms with Crippen LogP contribution in [0.3, 0.4) is 0 Å². The lowest BCUT2D eigenvalue weighted by Crippen LogP contribution is -2.70. The van der Waals surface area contributed by atoms with Crippen LogP contribution in [0.25, 0.3) is 0 Å². The standard InChI is InChI=1S/C37H49NO6SSi2/c1-25(39)31-33(40)38(32(35(41)43-26(2)46(4,5)6)36(42)44-27(3)47(7,8)9)34(31)45-37(28-19-13-10-14-20-28,29-21-15-11-16-22-29)30-23-17-12-18-24-30/h10-27,31-32,34,39H,1-9H3/t25?,26?,27?,31-,32?,34+/m0/s1. The molecule has 3 aromatic rings. The number of β-lactam (4-membered cyclic amide) rings is 1. The summed E-state index contributed by atoms with van der Waals surface area (Å²) in [7, 11) is -3.93. The molecular weight excluding hydrogens is 643 g/mol. The van der Waals surface area contributed by atoms with Crippen LogP contribution in [0.2, 0.25) is 39.3 Å². The number of esters is 2. The number of hydrogen-bond donors (Lipinski definition) is 1. The highest BCUT2D eigenvalue weighted by Crippen LogP contribution is 2.55. The van der Waals surface area contributed by atoms with E-state index < -0.39 is 73.6 Å². The molecular formula is C37H49NO6SSi2. The van der Waals surface area contributed by atoms with Gasteiger partial charge in [-0.3, -0.25) is 4.79 Å². The van der Waals surface area contributed by atoms with E-state index in [4.69, 9.17) is 9.47 Å². The number of ether oxygens (including phenoxy) is 2. The van der Waals surface area contributed by atoms with Gasteiger partial charge in [0.1, 0.15) is 0 Å². The molecule has 3 aromatic carbocycles. The summed E-state index contributed by atoms with van der Waals surface area (Å²) in [6.07, 6.45) is -1.04. The van der Waals surface area contributed by atoms with Gasteiger partial charge in [-0.1, -0.05) is 130 Å². The number of amides is 1. The second kappa shape index (κ2) is 14.5. The molecule has 0 spiro atoms. The first-order valence-electron chi connectivity index (χ1n) is 16.3. The van der Waals surface area contributed by atoms with Gasteiger partial charge in [0.05, 0.1) is 49.7 Å². The molecule has 0 saturated carbocycles. The topological polar surface area (TPSA) is 93.1 Å². The van der Waals surface area contributed by atoms with Crippen molar-refractivity contribution in [2.75, 3.05) is 0 Å². The van der Waals surface area contributed by atoms with Gasteiger partial charge in [0.25, 0.3) is 0 Å². The van der Waals surface area contributed by atoms with E-state index in [-0.39, 0.29) is 0 Å². The number of rotatable bonds is 13. The zero-order valence-corrected chi connectivity index (χ0v) is 31.8. The van der Waals surface area contributed by atoms with Crippen LogP contribution in [-0.4, -0.2) is 73.0 Å². The third-order valence-electron chi connectivity index (χ3n) is 9.23. The Morgan fingerprint density at radius 1 is 0.702 bits per heavy atom. The predicted octanol–water partition coefficient (Wildman–Crippen LogP) is 6.86. The Balaban J connectivity index is 1.91. The Kier molecular flexibility index (Phi) is 11.3. The fourth-order valence-electron chi connectivity index (χ4n) is 5.42. The Bertz CT molecular complexity index is 1390. The van der Waals surface area contributed by atoms with Crippen LogP contribution in [0.4, 0.5) is 0 Å². The molecule has 0 aliphatic carbocycles. The molecule has 1 aliphatic rings. The third kappa shape index (κ3) is 7.77. The van der Waals surface area contributed by atoms with E-state index in [0.717, 1.165) is 16.7 Å². The minimum Gasteiger partial charge on any atom is -0.465 e. The summed E-state index contributed by atoms with van der Waals surface area (Å²) >= 11 is 1.45. The van der Waals surface area contributed by atoms with Gasteiger partial charge in [0.15, 0.2) is 0 Å². The molecule has 0 aromatic heterocycles. The predicted molar refractivity (Wildman–Crippen MR) is 194 cm³/mol. The quantitative estimate of drug-likeness (QED) is 0.0688. The van der Waals surface area contributed by atoms with E-state index in [1.165, 1.54) is 16.7 Å². The number of carbonyl (C=O) groups is 3. The first-order chi connectivity index (χ1) is 22.0. The maximum absolute atomic E-state index is 14.1. The summed E-state index contributed by atoms with van der Waals surface area (Å²) < 4.78 is 11.1. The number of aliphatic hydroxyl groups is 1. The van der Waals surface area contributed by atoms with Crippen molar-refractivity contribution in [1.82, 2.24) is 4.90 Å². The smallest absolute Gasteiger partial charge is 0.340 e. The van der Waals surface area contributed by atoms with Crippen LogP contribution in [0.1, 0.15) is 37.5 Å². The number of thioether (sulfide) groups is 1. The normalized spacial score (nSPS) is 19.6. The van der Waals surface area contributed by atoms with E-state index in [1.54, 1.807) is 6.92 Å². The number of likely N-dealkylation sites (tertiary alicyclic amines) is 1. The van der Waals surface area contributed by atoms with Crippen LogP contribution < -0.4 is 0 Å². The summed E-state index contributed by atoms with van der Waals surface area (Å²) in [5, 5.41) is 10.2. The molecule has 0 radical (unpaired) electrons. The van der Waals surface area contributed by atoms with Gasteiger partial charge in [0.2, 0.25) is 11.9 Å². The largest absolute Gasteiger partial charge is 0.465 e. The third-order valence-corrected chi connectivity index (χ3v) is 16.2. The fourth-order valence-corrected chi connectivity index (χ4v) is 8.37. The monoisotopic (exact) mass is 691 g/mol. The minimum absolute atomic E-state index is 0.410. The number of nitrogens with zero attached hydrogens (tertiary/aromatic N) is 1. The average molecular weight is 692 g/mol. The minimum atomic E-state index is -1.97. The van der Waals surface area contributed by atoms with E-state index >= 15 is 0 Å². The molecule has 47 heavy (non-hydrogen) atoms. The zero-order chi connectivity index (χ0) is 34.7. The van der Waals surface area contributed by atoms with Crippen molar-refractivity contribution in [3.05, 3.63) is 108 Å². The Hall–Kier alpha value is -3.19. The van der Waals surface area contributed by atoms with Crippen LogP contribution in [0, 0.1) is 5.92 Å². The molecule has 252 valence electrons. The molecule has 4 rings (SSSR count). The Labute approximate surface area is 286 Å². The van der Waals surface area contributed by atoms with E-state index in [2.05, 4.69) is 39.3 Å². The van der Waals surface area contributed by atoms with Gasteiger partial charge in [-0.2, -0.15) is 0 Å². The molecule has 1 heterocycles. The molecule has 1 fully saturated rings. The first-order valence-corrected chi connectivity index (χ1v) is 24.3. The van der Waals surface area contributed by atoms with Crippen molar-refractivity contribution in [3.8, 4) is 0 Å². The summed E-state index contributed by atoms with van der Waals surface area (Å²) in [5.74, 6) is -2.97. The molecule has 7 nitrogen and oxygen atoms in total. The maximum Gasteiger partial charge on any atom is 0.340 e. The molecule has 1 aliphatic heterocycles. The molecule has 1 N–H and O–H groups in total. The van der Waals surface area contributed by atoms with Crippen molar-refractivity contribution in [1.29, 1.82) is 0 Å². The average Bonchev–Trinajstić information content (AvgIpc) is 3.01. The highest BCUT2D eigenvalue weighted by Gasteiger charge is 2.60. The second-order valence-corrected chi connectivity index (χ2v) is 27.0. The van der Waals surface area contributed by atoms with Crippen molar-refractivity contribution >= 4 is 45.8 Å². The van der Waals surface area contributed by atoms with Crippen molar-refractivity contribution in [2.24, 2.45) is 5.92 Å². The Morgan fingerprint density at radius 3 is 1.34 bits per heavy atom. The first kappa shape index (κ1) is 36.6. The van der Waals surface area contributed by atoms with Gasteiger partial charge in [-0.05, 0) is 37.5 Å². The second-order valence-electron chi connectivity index (χ2n) is 14.6. The van der Waals surface area contributed by atoms with Gasteiger partial charge in [-0.25, -0.2) is 9.59 Å². The van der Waals surface area contributed by atoms with Crippen LogP contribution in [0.5, 0.6) is 0 Å². The van der Waals surface area contributed by atoms with E-state index in [1.807, 2.05) is 105 Å². The zero-order valence-electron chi connectivity index (χ0n) is 29.0. The molecule has 10 heteroatoms. The van der Waals surface area contributed by atoms with E-state index in [9.17, 15) is 19.5 Å². The summed E-state index contributed by atoms with van der Waals surface area (Å²) in [6.45, 7) is 17.7. The summed E-state index contributed by atoms with van der Waals surface area (Å²) in [5.41, 5.74) is 2.03. The lowest BCUT2D eigenvalue weighted by atomic mass is 9.84. The SMILES string of the molecule is CC(O)[C@H]1C(=O)N(C(C(=O)OC(C)[Si](C)(C)C)C(=O)OC(C)[Si](C)(C)C)[C@@H]1SC(c1ccccc1)(c1ccccc1)c1ccccc1. The van der Waals surface area contributed by atoms with Crippen molar-refractivity contribution in [3.63, 3.8) is 0 Å². The highest BCUT2D eigenvalue weighted by atomic mass is 32.2. The van der Waals surface area contributed by atoms with Gasteiger partial charge >= 0.3 is 11.9 Å². The number of aliphatic hydroxyl groups excluding tert-OH is 1. The number of carbonyl (C=O) groups excluding carboxylic acids is 3.